The van der Waals surface area contributed by atoms with Gasteiger partial charge in [0.15, 0.2) is 0 Å². The van der Waals surface area contributed by atoms with Crippen molar-refractivity contribution in [3.05, 3.63) is 49.6 Å². The summed E-state index contributed by atoms with van der Waals surface area (Å²) in [5, 5.41) is 10.5. The van der Waals surface area contributed by atoms with Crippen LogP contribution in [0.25, 0.3) is 11.1 Å². The van der Waals surface area contributed by atoms with Crippen LogP contribution in [0.5, 0.6) is 5.88 Å². The van der Waals surface area contributed by atoms with Crippen molar-refractivity contribution in [3.63, 3.8) is 0 Å². The molecule has 0 bridgehead atoms. The van der Waals surface area contributed by atoms with Crippen LogP contribution < -0.4 is 11.2 Å². The van der Waals surface area contributed by atoms with Gasteiger partial charge in [-0.05, 0) is 18.9 Å². The maximum absolute atomic E-state index is 12.1. The van der Waals surface area contributed by atoms with Crippen molar-refractivity contribution in [1.82, 2.24) is 9.55 Å². The number of hydrogen-bond donors (Lipinski definition) is 2. The average Bonchev–Trinajstić information content (AvgIpc) is 2.45. The Bertz CT molecular complexity index is 760. The van der Waals surface area contributed by atoms with Gasteiger partial charge in [0.1, 0.15) is 5.56 Å². The number of halogens is 1. The third kappa shape index (κ3) is 2.81. The van der Waals surface area contributed by atoms with E-state index in [1.807, 2.05) is 19.9 Å². The first-order valence-electron chi connectivity index (χ1n) is 6.83. The van der Waals surface area contributed by atoms with Crippen LogP contribution >= 0.6 is 15.9 Å². The fourth-order valence-corrected chi connectivity index (χ4v) is 2.92. The lowest BCUT2D eigenvalue weighted by molar-refractivity contribution is 0.351. The smallest absolute Gasteiger partial charge is 0.331 e. The molecule has 2 aromatic rings. The fourth-order valence-electron chi connectivity index (χ4n) is 2.44. The molecule has 6 heteroatoms. The van der Waals surface area contributed by atoms with Gasteiger partial charge >= 0.3 is 5.69 Å². The summed E-state index contributed by atoms with van der Waals surface area (Å²) in [6.45, 7) is 3.87. The summed E-state index contributed by atoms with van der Waals surface area (Å²) < 4.78 is 1.94. The van der Waals surface area contributed by atoms with Crippen molar-refractivity contribution >= 4 is 15.9 Å². The van der Waals surface area contributed by atoms with Crippen molar-refractivity contribution < 1.29 is 5.11 Å². The molecular formula is C15H17BrN2O3. The van der Waals surface area contributed by atoms with Crippen molar-refractivity contribution in [2.45, 2.75) is 32.7 Å². The number of benzene rings is 1. The van der Waals surface area contributed by atoms with E-state index in [1.54, 1.807) is 18.2 Å². The molecular weight excluding hydrogens is 336 g/mol. The summed E-state index contributed by atoms with van der Waals surface area (Å²) >= 11 is 3.36. The molecule has 21 heavy (non-hydrogen) atoms. The molecule has 2 N–H and O–H groups in total. The maximum atomic E-state index is 12.1. The van der Waals surface area contributed by atoms with Gasteiger partial charge in [-0.15, -0.1) is 0 Å². The third-order valence-electron chi connectivity index (χ3n) is 3.57. The van der Waals surface area contributed by atoms with Gasteiger partial charge in [0.2, 0.25) is 5.88 Å². The number of aromatic nitrogens is 2. The summed E-state index contributed by atoms with van der Waals surface area (Å²) in [5.41, 5.74) is -0.515. The molecule has 0 aliphatic rings. The SMILES string of the molecule is CCC(CC)n1c(O)c(-c2ccccc2Br)c(=O)[nH]c1=O. The molecule has 0 fully saturated rings. The van der Waals surface area contributed by atoms with Crippen LogP contribution in [0.4, 0.5) is 0 Å². The molecule has 1 heterocycles. The summed E-state index contributed by atoms with van der Waals surface area (Å²) in [6.07, 6.45) is 1.37. The standard InChI is InChI=1S/C15H17BrN2O3/c1-3-9(4-2)18-14(20)12(13(19)17-15(18)21)10-7-5-6-8-11(10)16/h5-9,20H,3-4H2,1-2H3,(H,17,19,21). The molecule has 1 aromatic heterocycles. The van der Waals surface area contributed by atoms with Gasteiger partial charge < -0.3 is 5.11 Å². The van der Waals surface area contributed by atoms with E-state index >= 15 is 0 Å². The molecule has 0 saturated carbocycles. The van der Waals surface area contributed by atoms with E-state index in [0.717, 1.165) is 0 Å². The minimum atomic E-state index is -0.591. The highest BCUT2D eigenvalue weighted by molar-refractivity contribution is 9.10. The molecule has 1 aromatic carbocycles. The van der Waals surface area contributed by atoms with E-state index < -0.39 is 11.2 Å². The molecule has 0 radical (unpaired) electrons. The molecule has 2 rings (SSSR count). The van der Waals surface area contributed by atoms with Crippen LogP contribution in [-0.4, -0.2) is 14.7 Å². The summed E-state index contributed by atoms with van der Waals surface area (Å²) in [5.74, 6) is -0.288. The molecule has 0 unspecified atom stereocenters. The minimum absolute atomic E-state index is 0.106. The Morgan fingerprint density at radius 1 is 1.24 bits per heavy atom. The number of nitrogens with one attached hydrogen (secondary N) is 1. The van der Waals surface area contributed by atoms with Crippen LogP contribution in [0.15, 0.2) is 38.3 Å². The summed E-state index contributed by atoms with van der Waals surface area (Å²) in [6, 6.07) is 6.92. The highest BCUT2D eigenvalue weighted by atomic mass is 79.9. The lowest BCUT2D eigenvalue weighted by Gasteiger charge is -2.19. The van der Waals surface area contributed by atoms with Gasteiger partial charge in [-0.3, -0.25) is 14.3 Å². The highest BCUT2D eigenvalue weighted by Gasteiger charge is 2.21. The van der Waals surface area contributed by atoms with Gasteiger partial charge in [-0.2, -0.15) is 0 Å². The Hall–Kier alpha value is -1.82. The molecule has 0 aliphatic carbocycles. The Balaban J connectivity index is 2.80. The summed E-state index contributed by atoms with van der Waals surface area (Å²) in [4.78, 5) is 26.4. The second-order valence-corrected chi connectivity index (χ2v) is 5.63. The van der Waals surface area contributed by atoms with Crippen LogP contribution in [0.1, 0.15) is 32.7 Å². The topological polar surface area (TPSA) is 75.1 Å². The number of rotatable bonds is 4. The first-order chi connectivity index (χ1) is 10.0. The zero-order chi connectivity index (χ0) is 15.6. The number of aromatic hydroxyl groups is 1. The van der Waals surface area contributed by atoms with Crippen molar-refractivity contribution in [1.29, 1.82) is 0 Å². The minimum Gasteiger partial charge on any atom is -0.494 e. The second kappa shape index (κ2) is 6.30. The van der Waals surface area contributed by atoms with E-state index in [1.165, 1.54) is 4.57 Å². The van der Waals surface area contributed by atoms with E-state index in [4.69, 9.17) is 0 Å². The van der Waals surface area contributed by atoms with Crippen molar-refractivity contribution in [2.75, 3.05) is 0 Å². The molecule has 0 aliphatic heterocycles. The van der Waals surface area contributed by atoms with Gasteiger partial charge in [0, 0.05) is 16.1 Å². The molecule has 112 valence electrons. The Morgan fingerprint density at radius 3 is 2.43 bits per heavy atom. The normalized spacial score (nSPS) is 11.0. The predicted molar refractivity (Wildman–Crippen MR) is 85.7 cm³/mol. The molecule has 0 atom stereocenters. The van der Waals surface area contributed by atoms with E-state index in [-0.39, 0.29) is 17.5 Å². The van der Waals surface area contributed by atoms with Crippen LogP contribution in [0.3, 0.4) is 0 Å². The van der Waals surface area contributed by atoms with Gasteiger partial charge in [-0.25, -0.2) is 4.79 Å². The Labute approximate surface area is 130 Å². The van der Waals surface area contributed by atoms with Gasteiger partial charge in [0.25, 0.3) is 5.56 Å². The van der Waals surface area contributed by atoms with Crippen LogP contribution in [0.2, 0.25) is 0 Å². The molecule has 0 spiro atoms. The second-order valence-electron chi connectivity index (χ2n) is 4.78. The highest BCUT2D eigenvalue weighted by Crippen LogP contribution is 2.32. The zero-order valence-electron chi connectivity index (χ0n) is 11.9. The molecule has 0 amide bonds. The van der Waals surface area contributed by atoms with Crippen LogP contribution in [0, 0.1) is 0 Å². The lowest BCUT2D eigenvalue weighted by atomic mass is 10.1. The molecule has 5 nitrogen and oxygen atoms in total. The van der Waals surface area contributed by atoms with Crippen LogP contribution in [-0.2, 0) is 0 Å². The Kier molecular flexibility index (Phi) is 4.67. The molecule has 0 saturated heterocycles. The van der Waals surface area contributed by atoms with E-state index in [9.17, 15) is 14.7 Å². The van der Waals surface area contributed by atoms with Crippen molar-refractivity contribution in [3.8, 4) is 17.0 Å². The van der Waals surface area contributed by atoms with Crippen molar-refractivity contribution in [2.24, 2.45) is 0 Å². The number of H-pyrrole nitrogens is 1. The zero-order valence-corrected chi connectivity index (χ0v) is 13.5. The number of nitrogens with zero attached hydrogens (tertiary/aromatic N) is 1. The first-order valence-corrected chi connectivity index (χ1v) is 7.63. The van der Waals surface area contributed by atoms with E-state index in [0.29, 0.717) is 22.9 Å². The third-order valence-corrected chi connectivity index (χ3v) is 4.26. The summed E-state index contributed by atoms with van der Waals surface area (Å²) in [7, 11) is 0. The number of hydrogen-bond acceptors (Lipinski definition) is 3. The quantitative estimate of drug-likeness (QED) is 0.887. The number of aromatic amines is 1. The lowest BCUT2D eigenvalue weighted by Crippen LogP contribution is -2.33. The fraction of sp³-hybridized carbons (Fsp3) is 0.333. The monoisotopic (exact) mass is 352 g/mol. The van der Waals surface area contributed by atoms with E-state index in [2.05, 4.69) is 20.9 Å². The maximum Gasteiger partial charge on any atom is 0.331 e. The largest absolute Gasteiger partial charge is 0.494 e. The average molecular weight is 353 g/mol. The van der Waals surface area contributed by atoms with Gasteiger partial charge in [-0.1, -0.05) is 48.0 Å². The Morgan fingerprint density at radius 2 is 1.86 bits per heavy atom. The van der Waals surface area contributed by atoms with Gasteiger partial charge in [0.05, 0.1) is 0 Å². The first kappa shape index (κ1) is 15.6. The predicted octanol–water partition coefficient (Wildman–Crippen LogP) is 3.03.